The molecule has 0 amide bonds. The lowest BCUT2D eigenvalue weighted by Crippen LogP contribution is -2.44. The minimum absolute atomic E-state index is 0.269. The lowest BCUT2D eigenvalue weighted by atomic mass is 10.1. The van der Waals surface area contributed by atoms with E-state index in [2.05, 4.69) is 18.7 Å². The summed E-state index contributed by atoms with van der Waals surface area (Å²) in [5.74, 6) is 0.430. The van der Waals surface area contributed by atoms with E-state index in [0.29, 0.717) is 5.75 Å². The molecule has 0 radical (unpaired) electrons. The molecule has 1 saturated heterocycles. The summed E-state index contributed by atoms with van der Waals surface area (Å²) in [5.41, 5.74) is 1.95. The van der Waals surface area contributed by atoms with Crippen molar-refractivity contribution in [2.75, 3.05) is 13.1 Å². The predicted molar refractivity (Wildman–Crippen MR) is 68.1 cm³/mol. The van der Waals surface area contributed by atoms with Gasteiger partial charge in [-0.15, -0.1) is 0 Å². The fraction of sp³-hybridized carbons (Fsp3) is 0.571. The molecule has 0 bridgehead atoms. The zero-order chi connectivity index (χ0) is 12.4. The predicted octanol–water partition coefficient (Wildman–Crippen LogP) is 2.31. The van der Waals surface area contributed by atoms with Gasteiger partial charge in [-0.05, 0) is 26.3 Å². The zero-order valence-corrected chi connectivity index (χ0v) is 10.8. The SMILES string of the molecule is Cc1cccc(CN2CC(C)OC(C)C2)c1O. The Morgan fingerprint density at radius 1 is 1.29 bits per heavy atom. The van der Waals surface area contributed by atoms with E-state index in [-0.39, 0.29) is 12.2 Å². The van der Waals surface area contributed by atoms with Crippen LogP contribution in [0, 0.1) is 6.92 Å². The topological polar surface area (TPSA) is 32.7 Å². The van der Waals surface area contributed by atoms with Crippen molar-refractivity contribution in [2.24, 2.45) is 0 Å². The van der Waals surface area contributed by atoms with E-state index in [1.807, 2.05) is 25.1 Å². The number of para-hydroxylation sites is 1. The third-order valence-corrected chi connectivity index (χ3v) is 3.21. The number of morpholine rings is 1. The summed E-state index contributed by atoms with van der Waals surface area (Å²) in [5, 5.41) is 10.0. The van der Waals surface area contributed by atoms with Crippen LogP contribution < -0.4 is 0 Å². The zero-order valence-electron chi connectivity index (χ0n) is 10.8. The number of hydrogen-bond donors (Lipinski definition) is 1. The summed E-state index contributed by atoms with van der Waals surface area (Å²) < 4.78 is 5.70. The summed E-state index contributed by atoms with van der Waals surface area (Å²) in [7, 11) is 0. The maximum Gasteiger partial charge on any atom is 0.122 e. The van der Waals surface area contributed by atoms with Gasteiger partial charge in [0, 0.05) is 25.2 Å². The number of ether oxygens (including phenoxy) is 1. The molecule has 1 N–H and O–H groups in total. The van der Waals surface area contributed by atoms with Crippen LogP contribution in [-0.2, 0) is 11.3 Å². The first-order chi connectivity index (χ1) is 8.06. The van der Waals surface area contributed by atoms with E-state index in [0.717, 1.165) is 30.8 Å². The quantitative estimate of drug-likeness (QED) is 0.854. The first kappa shape index (κ1) is 12.4. The molecule has 1 aliphatic rings. The van der Waals surface area contributed by atoms with Crippen molar-refractivity contribution in [3.8, 4) is 5.75 Å². The fourth-order valence-corrected chi connectivity index (χ4v) is 2.50. The molecule has 2 unspecified atom stereocenters. The van der Waals surface area contributed by atoms with Crippen molar-refractivity contribution in [3.05, 3.63) is 29.3 Å². The van der Waals surface area contributed by atoms with E-state index in [9.17, 15) is 5.11 Å². The van der Waals surface area contributed by atoms with E-state index in [1.54, 1.807) is 0 Å². The van der Waals surface area contributed by atoms with Gasteiger partial charge in [-0.1, -0.05) is 18.2 Å². The Morgan fingerprint density at radius 2 is 1.94 bits per heavy atom. The van der Waals surface area contributed by atoms with Crippen LogP contribution >= 0.6 is 0 Å². The molecule has 0 spiro atoms. The number of aryl methyl sites for hydroxylation is 1. The summed E-state index contributed by atoms with van der Waals surface area (Å²) >= 11 is 0. The van der Waals surface area contributed by atoms with Crippen molar-refractivity contribution < 1.29 is 9.84 Å². The maximum atomic E-state index is 10.0. The second kappa shape index (κ2) is 5.07. The molecule has 3 heteroatoms. The van der Waals surface area contributed by atoms with Crippen LogP contribution in [0.3, 0.4) is 0 Å². The standard InChI is InChI=1S/C14H21NO2/c1-10-5-4-6-13(14(10)16)9-15-7-11(2)17-12(3)8-15/h4-6,11-12,16H,7-9H2,1-3H3. The largest absolute Gasteiger partial charge is 0.507 e. The van der Waals surface area contributed by atoms with Crippen LogP contribution in [0.5, 0.6) is 5.75 Å². The highest BCUT2D eigenvalue weighted by molar-refractivity contribution is 5.39. The van der Waals surface area contributed by atoms with Gasteiger partial charge in [0.15, 0.2) is 0 Å². The van der Waals surface area contributed by atoms with Crippen LogP contribution in [0.1, 0.15) is 25.0 Å². The molecule has 0 aliphatic carbocycles. The lowest BCUT2D eigenvalue weighted by Gasteiger charge is -2.35. The molecule has 1 fully saturated rings. The van der Waals surface area contributed by atoms with Gasteiger partial charge in [0.1, 0.15) is 5.75 Å². The number of phenolic OH excluding ortho intramolecular Hbond substituents is 1. The van der Waals surface area contributed by atoms with Gasteiger partial charge in [0.2, 0.25) is 0 Å². The average molecular weight is 235 g/mol. The monoisotopic (exact) mass is 235 g/mol. The Morgan fingerprint density at radius 3 is 2.59 bits per heavy atom. The summed E-state index contributed by atoms with van der Waals surface area (Å²) in [4.78, 5) is 2.34. The molecule has 94 valence electrons. The minimum Gasteiger partial charge on any atom is -0.507 e. The second-order valence-electron chi connectivity index (χ2n) is 5.03. The first-order valence-corrected chi connectivity index (χ1v) is 6.21. The van der Waals surface area contributed by atoms with Gasteiger partial charge >= 0.3 is 0 Å². The van der Waals surface area contributed by atoms with E-state index >= 15 is 0 Å². The normalized spacial score (nSPS) is 26.1. The van der Waals surface area contributed by atoms with Crippen LogP contribution in [0.15, 0.2) is 18.2 Å². The average Bonchev–Trinajstić information content (AvgIpc) is 2.23. The smallest absolute Gasteiger partial charge is 0.122 e. The molecule has 2 atom stereocenters. The minimum atomic E-state index is 0.269. The van der Waals surface area contributed by atoms with Crippen molar-refractivity contribution in [3.63, 3.8) is 0 Å². The van der Waals surface area contributed by atoms with Crippen molar-refractivity contribution in [1.82, 2.24) is 4.90 Å². The highest BCUT2D eigenvalue weighted by atomic mass is 16.5. The molecular formula is C14H21NO2. The van der Waals surface area contributed by atoms with Gasteiger partial charge in [-0.3, -0.25) is 4.90 Å². The van der Waals surface area contributed by atoms with Gasteiger partial charge in [0.05, 0.1) is 12.2 Å². The molecule has 1 aromatic rings. The van der Waals surface area contributed by atoms with Crippen molar-refractivity contribution in [1.29, 1.82) is 0 Å². The van der Waals surface area contributed by atoms with Crippen LogP contribution in [0.4, 0.5) is 0 Å². The summed E-state index contributed by atoms with van der Waals surface area (Å²) in [6, 6.07) is 5.92. The molecule has 3 nitrogen and oxygen atoms in total. The lowest BCUT2D eigenvalue weighted by molar-refractivity contribution is -0.0706. The Bertz CT molecular complexity index is 382. The summed E-state index contributed by atoms with van der Waals surface area (Å²) in [6.45, 7) is 8.78. The van der Waals surface area contributed by atoms with Gasteiger partial charge in [-0.25, -0.2) is 0 Å². The number of benzene rings is 1. The molecule has 0 saturated carbocycles. The van der Waals surface area contributed by atoms with Crippen molar-refractivity contribution in [2.45, 2.75) is 39.5 Å². The molecule has 2 rings (SSSR count). The maximum absolute atomic E-state index is 10.0. The third-order valence-electron chi connectivity index (χ3n) is 3.21. The fourth-order valence-electron chi connectivity index (χ4n) is 2.50. The molecule has 1 heterocycles. The summed E-state index contributed by atoms with van der Waals surface area (Å²) in [6.07, 6.45) is 0.538. The number of aromatic hydroxyl groups is 1. The van der Waals surface area contributed by atoms with Crippen LogP contribution in [0.2, 0.25) is 0 Å². The van der Waals surface area contributed by atoms with E-state index in [4.69, 9.17) is 4.74 Å². The molecular weight excluding hydrogens is 214 g/mol. The number of nitrogens with zero attached hydrogens (tertiary/aromatic N) is 1. The second-order valence-corrected chi connectivity index (χ2v) is 5.03. The van der Waals surface area contributed by atoms with Gasteiger partial charge in [-0.2, -0.15) is 0 Å². The Hall–Kier alpha value is -1.06. The Labute approximate surface area is 103 Å². The van der Waals surface area contributed by atoms with Gasteiger partial charge < -0.3 is 9.84 Å². The first-order valence-electron chi connectivity index (χ1n) is 6.21. The van der Waals surface area contributed by atoms with Gasteiger partial charge in [0.25, 0.3) is 0 Å². The molecule has 1 aliphatic heterocycles. The highest BCUT2D eigenvalue weighted by Gasteiger charge is 2.22. The van der Waals surface area contributed by atoms with Crippen molar-refractivity contribution >= 4 is 0 Å². The Kier molecular flexibility index (Phi) is 3.69. The van der Waals surface area contributed by atoms with E-state index in [1.165, 1.54) is 0 Å². The van der Waals surface area contributed by atoms with Crippen LogP contribution in [0.25, 0.3) is 0 Å². The number of rotatable bonds is 2. The molecule has 0 aromatic heterocycles. The number of phenols is 1. The Balaban J connectivity index is 2.07. The number of hydrogen-bond acceptors (Lipinski definition) is 3. The molecule has 1 aromatic carbocycles. The van der Waals surface area contributed by atoms with Crippen LogP contribution in [-0.4, -0.2) is 35.3 Å². The third kappa shape index (κ3) is 2.99. The molecule has 17 heavy (non-hydrogen) atoms. The van der Waals surface area contributed by atoms with E-state index < -0.39 is 0 Å². The highest BCUT2D eigenvalue weighted by Crippen LogP contribution is 2.24.